The second-order valence-corrected chi connectivity index (χ2v) is 5.81. The fourth-order valence-corrected chi connectivity index (χ4v) is 3.16. The van der Waals surface area contributed by atoms with Gasteiger partial charge < -0.3 is 9.47 Å². The minimum Gasteiger partial charge on any atom is -0.375 e. The molecule has 0 N–H and O–H groups in total. The van der Waals surface area contributed by atoms with Crippen molar-refractivity contribution in [1.82, 2.24) is 0 Å². The van der Waals surface area contributed by atoms with Crippen LogP contribution in [0.4, 0.5) is 0 Å². The van der Waals surface area contributed by atoms with E-state index in [-0.39, 0.29) is 12.2 Å². The maximum absolute atomic E-state index is 5.81. The van der Waals surface area contributed by atoms with Gasteiger partial charge >= 0.3 is 0 Å². The van der Waals surface area contributed by atoms with Crippen LogP contribution in [0.25, 0.3) is 0 Å². The normalized spacial score (nSPS) is 30.1. The molecule has 1 heterocycles. The van der Waals surface area contributed by atoms with Crippen molar-refractivity contribution in [2.75, 3.05) is 6.61 Å². The fourth-order valence-electron chi connectivity index (χ4n) is 1.68. The lowest BCUT2D eigenvalue weighted by atomic mass is 9.91. The molecule has 2 rings (SSSR count). The van der Waals surface area contributed by atoms with Crippen LogP contribution >= 0.6 is 27.3 Å². The number of ether oxygens (including phenoxy) is 2. The molecule has 0 bridgehead atoms. The Morgan fingerprint density at radius 3 is 3.00 bits per heavy atom. The maximum Gasteiger partial charge on any atom is 0.0962 e. The van der Waals surface area contributed by atoms with Crippen molar-refractivity contribution >= 4 is 27.3 Å². The van der Waals surface area contributed by atoms with Gasteiger partial charge in [0.25, 0.3) is 0 Å². The largest absolute Gasteiger partial charge is 0.375 e. The predicted molar refractivity (Wildman–Crippen MR) is 65.6 cm³/mol. The van der Waals surface area contributed by atoms with Crippen molar-refractivity contribution in [3.05, 3.63) is 22.4 Å². The van der Waals surface area contributed by atoms with Crippen molar-refractivity contribution in [3.8, 4) is 0 Å². The number of alkyl halides is 1. The molecule has 1 aromatic rings. The highest BCUT2D eigenvalue weighted by Gasteiger charge is 2.41. The molecule has 1 aliphatic carbocycles. The third-order valence-corrected chi connectivity index (χ3v) is 4.30. The van der Waals surface area contributed by atoms with Crippen LogP contribution in [0.1, 0.15) is 18.2 Å². The van der Waals surface area contributed by atoms with Gasteiger partial charge in [0.15, 0.2) is 0 Å². The molecule has 3 atom stereocenters. The maximum atomic E-state index is 5.81. The number of thiophene rings is 1. The first-order chi connectivity index (χ1) is 7.31. The molecule has 0 radical (unpaired) electrons. The van der Waals surface area contributed by atoms with Gasteiger partial charge in [0.05, 0.1) is 18.8 Å². The first kappa shape index (κ1) is 11.6. The highest BCUT2D eigenvalue weighted by molar-refractivity contribution is 9.09. The lowest BCUT2D eigenvalue weighted by molar-refractivity contribution is -0.123. The van der Waals surface area contributed by atoms with Crippen LogP contribution in [0.2, 0.25) is 0 Å². The molecular weight excluding hydrogens is 276 g/mol. The van der Waals surface area contributed by atoms with E-state index in [1.165, 1.54) is 4.88 Å². The molecule has 1 aliphatic rings. The molecule has 2 nitrogen and oxygen atoms in total. The van der Waals surface area contributed by atoms with Gasteiger partial charge in [0.1, 0.15) is 0 Å². The first-order valence-corrected chi connectivity index (χ1v) is 7.00. The molecule has 0 saturated heterocycles. The van der Waals surface area contributed by atoms with Crippen LogP contribution in [0.3, 0.4) is 0 Å². The Labute approximate surface area is 103 Å². The SMILES string of the molecule is CCOC1C(Br)CC1OCc1cccs1. The highest BCUT2D eigenvalue weighted by atomic mass is 79.9. The van der Waals surface area contributed by atoms with Gasteiger partial charge in [-0.05, 0) is 24.8 Å². The van der Waals surface area contributed by atoms with Gasteiger partial charge in [-0.1, -0.05) is 22.0 Å². The summed E-state index contributed by atoms with van der Waals surface area (Å²) in [6, 6.07) is 4.15. The molecule has 1 aromatic heterocycles. The molecule has 1 saturated carbocycles. The van der Waals surface area contributed by atoms with E-state index in [0.29, 0.717) is 11.4 Å². The van der Waals surface area contributed by atoms with Gasteiger partial charge in [-0.2, -0.15) is 0 Å². The summed E-state index contributed by atoms with van der Waals surface area (Å²) in [5.41, 5.74) is 0. The lowest BCUT2D eigenvalue weighted by Gasteiger charge is -2.40. The molecule has 15 heavy (non-hydrogen) atoms. The number of rotatable bonds is 5. The predicted octanol–water partition coefficient (Wildman–Crippen LogP) is 3.21. The van der Waals surface area contributed by atoms with E-state index in [2.05, 4.69) is 33.4 Å². The van der Waals surface area contributed by atoms with Crippen LogP contribution in [0, 0.1) is 0 Å². The van der Waals surface area contributed by atoms with E-state index in [9.17, 15) is 0 Å². The summed E-state index contributed by atoms with van der Waals surface area (Å²) in [5, 5.41) is 2.08. The molecule has 3 unspecified atom stereocenters. The molecular formula is C11H15BrO2S. The fraction of sp³-hybridized carbons (Fsp3) is 0.636. The van der Waals surface area contributed by atoms with Crippen molar-refractivity contribution in [1.29, 1.82) is 0 Å². The van der Waals surface area contributed by atoms with Crippen LogP contribution in [0.5, 0.6) is 0 Å². The number of hydrogen-bond acceptors (Lipinski definition) is 3. The van der Waals surface area contributed by atoms with Crippen molar-refractivity contribution in [3.63, 3.8) is 0 Å². The molecule has 0 aliphatic heterocycles. The molecule has 4 heteroatoms. The van der Waals surface area contributed by atoms with Gasteiger partial charge in [0, 0.05) is 16.3 Å². The minimum absolute atomic E-state index is 0.231. The summed E-state index contributed by atoms with van der Waals surface area (Å²) < 4.78 is 11.4. The van der Waals surface area contributed by atoms with Crippen LogP contribution < -0.4 is 0 Å². The van der Waals surface area contributed by atoms with E-state index in [0.717, 1.165) is 13.0 Å². The van der Waals surface area contributed by atoms with Gasteiger partial charge in [-0.3, -0.25) is 0 Å². The van der Waals surface area contributed by atoms with Gasteiger partial charge in [-0.15, -0.1) is 11.3 Å². The first-order valence-electron chi connectivity index (χ1n) is 5.21. The topological polar surface area (TPSA) is 18.5 Å². The van der Waals surface area contributed by atoms with Crippen LogP contribution in [0.15, 0.2) is 17.5 Å². The summed E-state index contributed by atoms with van der Waals surface area (Å²) >= 11 is 5.32. The second kappa shape index (κ2) is 5.43. The summed E-state index contributed by atoms with van der Waals surface area (Å²) in [5.74, 6) is 0. The van der Waals surface area contributed by atoms with Crippen molar-refractivity contribution in [2.24, 2.45) is 0 Å². The standard InChI is InChI=1S/C11H15BrO2S/c1-2-13-11-9(12)6-10(11)14-7-8-4-3-5-15-8/h3-5,9-11H,2,6-7H2,1H3. The Morgan fingerprint density at radius 1 is 1.53 bits per heavy atom. The third-order valence-electron chi connectivity index (χ3n) is 2.56. The van der Waals surface area contributed by atoms with E-state index >= 15 is 0 Å². The summed E-state index contributed by atoms with van der Waals surface area (Å²) in [7, 11) is 0. The number of hydrogen-bond donors (Lipinski definition) is 0. The summed E-state index contributed by atoms with van der Waals surface area (Å²) in [6.45, 7) is 3.49. The van der Waals surface area contributed by atoms with Crippen LogP contribution in [-0.4, -0.2) is 23.6 Å². The Kier molecular flexibility index (Phi) is 4.20. The molecule has 0 amide bonds. The summed E-state index contributed by atoms with van der Waals surface area (Å²) in [4.78, 5) is 1.74. The second-order valence-electron chi connectivity index (χ2n) is 3.60. The van der Waals surface area contributed by atoms with Gasteiger partial charge in [-0.25, -0.2) is 0 Å². The zero-order valence-electron chi connectivity index (χ0n) is 8.69. The molecule has 84 valence electrons. The highest BCUT2D eigenvalue weighted by Crippen LogP contribution is 2.33. The van der Waals surface area contributed by atoms with E-state index in [4.69, 9.17) is 9.47 Å². The van der Waals surface area contributed by atoms with E-state index in [1.54, 1.807) is 11.3 Å². The third kappa shape index (κ3) is 2.81. The molecule has 1 fully saturated rings. The average molecular weight is 291 g/mol. The van der Waals surface area contributed by atoms with Crippen LogP contribution in [-0.2, 0) is 16.1 Å². The molecule has 0 aromatic carbocycles. The lowest BCUT2D eigenvalue weighted by Crippen LogP contribution is -2.50. The average Bonchev–Trinajstić information content (AvgIpc) is 2.73. The summed E-state index contributed by atoms with van der Waals surface area (Å²) in [6.07, 6.45) is 1.54. The van der Waals surface area contributed by atoms with E-state index in [1.807, 2.05) is 6.92 Å². The molecule has 0 spiro atoms. The Balaban J connectivity index is 1.76. The zero-order valence-corrected chi connectivity index (χ0v) is 11.1. The smallest absolute Gasteiger partial charge is 0.0962 e. The zero-order chi connectivity index (χ0) is 10.7. The quantitative estimate of drug-likeness (QED) is 0.776. The van der Waals surface area contributed by atoms with Gasteiger partial charge in [0.2, 0.25) is 0 Å². The van der Waals surface area contributed by atoms with Crippen molar-refractivity contribution < 1.29 is 9.47 Å². The Bertz CT molecular complexity index is 289. The van der Waals surface area contributed by atoms with E-state index < -0.39 is 0 Å². The minimum atomic E-state index is 0.231. The van der Waals surface area contributed by atoms with Crippen molar-refractivity contribution in [2.45, 2.75) is 37.0 Å². The Morgan fingerprint density at radius 2 is 2.40 bits per heavy atom. The number of halogens is 1. The monoisotopic (exact) mass is 290 g/mol. The Hall–Kier alpha value is 0.100.